The average molecular weight is 240 g/mol. The summed E-state index contributed by atoms with van der Waals surface area (Å²) in [7, 11) is 0. The molecule has 0 amide bonds. The van der Waals surface area contributed by atoms with Gasteiger partial charge in [-0.25, -0.2) is 0 Å². The highest BCUT2D eigenvalue weighted by Crippen LogP contribution is 2.15. The van der Waals surface area contributed by atoms with Gasteiger partial charge in [-0.15, -0.1) is 6.42 Å². The molecule has 1 aromatic rings. The van der Waals surface area contributed by atoms with Crippen molar-refractivity contribution < 1.29 is 0 Å². The van der Waals surface area contributed by atoms with Gasteiger partial charge in [0.15, 0.2) is 0 Å². The van der Waals surface area contributed by atoms with Crippen molar-refractivity contribution in [1.29, 1.82) is 0 Å². The molecule has 0 radical (unpaired) electrons. The smallest absolute Gasteiger partial charge is 0.0242 e. The Hall–Kier alpha value is -1.48. The molecule has 0 saturated heterocycles. The number of aryl methyl sites for hydroxylation is 1. The van der Waals surface area contributed by atoms with Crippen LogP contribution in [0.3, 0.4) is 0 Å². The monoisotopic (exact) mass is 240 g/mol. The number of benzene rings is 1. The molecular weight excluding hydrogens is 216 g/mol. The van der Waals surface area contributed by atoms with Gasteiger partial charge in [0.1, 0.15) is 0 Å². The van der Waals surface area contributed by atoms with Crippen LogP contribution < -0.4 is 0 Å². The van der Waals surface area contributed by atoms with E-state index < -0.39 is 0 Å². The van der Waals surface area contributed by atoms with Gasteiger partial charge < -0.3 is 0 Å². The number of terminal acetylenes is 1. The summed E-state index contributed by atoms with van der Waals surface area (Å²) in [5.74, 6) is 3.44. The maximum atomic E-state index is 5.35. The Morgan fingerprint density at radius 1 is 1.22 bits per heavy atom. The Kier molecular flexibility index (Phi) is 6.29. The molecule has 0 aliphatic heterocycles. The molecule has 0 saturated carbocycles. The Morgan fingerprint density at radius 2 is 1.89 bits per heavy atom. The van der Waals surface area contributed by atoms with Crippen molar-refractivity contribution in [2.75, 3.05) is 0 Å². The van der Waals surface area contributed by atoms with Gasteiger partial charge in [0.2, 0.25) is 0 Å². The van der Waals surface area contributed by atoms with Crippen LogP contribution in [-0.2, 0) is 6.42 Å². The fourth-order valence-electron chi connectivity index (χ4n) is 1.98. The van der Waals surface area contributed by atoms with Crippen molar-refractivity contribution in [3.05, 3.63) is 47.0 Å². The molecule has 1 aromatic carbocycles. The van der Waals surface area contributed by atoms with Crippen LogP contribution in [0.1, 0.15) is 51.2 Å². The van der Waals surface area contributed by atoms with E-state index in [0.29, 0.717) is 0 Å². The van der Waals surface area contributed by atoms with Crippen molar-refractivity contribution in [1.82, 2.24) is 0 Å². The lowest BCUT2D eigenvalue weighted by molar-refractivity contribution is 0.497. The second-order valence-corrected chi connectivity index (χ2v) is 5.34. The highest BCUT2D eigenvalue weighted by atomic mass is 14.1. The molecule has 0 nitrogen and oxygen atoms in total. The van der Waals surface area contributed by atoms with Gasteiger partial charge in [-0.3, -0.25) is 0 Å². The van der Waals surface area contributed by atoms with E-state index in [-0.39, 0.29) is 0 Å². The van der Waals surface area contributed by atoms with E-state index in [1.54, 1.807) is 0 Å². The number of rotatable bonds is 6. The standard InChI is InChI=1S/C18H24/c1-5-17-11-13-18(14-12-17)10-9-16(4)8-6-7-15(2)3/h1,7,11-14,16H,6,8-10H2,2-4H3/t16-/m0/s1. The molecule has 0 aliphatic carbocycles. The van der Waals surface area contributed by atoms with Crippen LogP contribution in [0.15, 0.2) is 35.9 Å². The van der Waals surface area contributed by atoms with Gasteiger partial charge in [0, 0.05) is 5.56 Å². The van der Waals surface area contributed by atoms with Crippen molar-refractivity contribution in [2.24, 2.45) is 5.92 Å². The normalized spacial score (nSPS) is 11.7. The molecule has 1 atom stereocenters. The average Bonchev–Trinajstić information content (AvgIpc) is 2.36. The van der Waals surface area contributed by atoms with Crippen LogP contribution in [0.4, 0.5) is 0 Å². The van der Waals surface area contributed by atoms with Crippen LogP contribution in [0, 0.1) is 18.3 Å². The van der Waals surface area contributed by atoms with Crippen LogP contribution in [0.25, 0.3) is 0 Å². The Balaban J connectivity index is 2.31. The molecular formula is C18H24. The Labute approximate surface area is 112 Å². The summed E-state index contributed by atoms with van der Waals surface area (Å²) in [6, 6.07) is 8.36. The van der Waals surface area contributed by atoms with Crippen LogP contribution in [0.2, 0.25) is 0 Å². The SMILES string of the molecule is C#Cc1ccc(CC[C@@H](C)CCC=C(C)C)cc1. The molecule has 0 heteroatoms. The van der Waals surface area contributed by atoms with Gasteiger partial charge in [0.25, 0.3) is 0 Å². The molecule has 0 heterocycles. The molecule has 96 valence electrons. The van der Waals surface area contributed by atoms with Gasteiger partial charge in [-0.2, -0.15) is 0 Å². The molecule has 0 unspecified atom stereocenters. The van der Waals surface area contributed by atoms with E-state index in [1.807, 2.05) is 12.1 Å². The van der Waals surface area contributed by atoms with Gasteiger partial charge in [-0.05, 0) is 63.1 Å². The van der Waals surface area contributed by atoms with E-state index in [1.165, 1.54) is 30.4 Å². The minimum absolute atomic E-state index is 0.785. The maximum absolute atomic E-state index is 5.35. The van der Waals surface area contributed by atoms with E-state index in [9.17, 15) is 0 Å². The van der Waals surface area contributed by atoms with Crippen LogP contribution in [-0.4, -0.2) is 0 Å². The number of hydrogen-bond donors (Lipinski definition) is 0. The van der Waals surface area contributed by atoms with Gasteiger partial charge in [0.05, 0.1) is 0 Å². The third-order valence-corrected chi connectivity index (χ3v) is 3.26. The predicted molar refractivity (Wildman–Crippen MR) is 80.5 cm³/mol. The molecule has 0 N–H and O–H groups in total. The molecule has 0 bridgehead atoms. The highest BCUT2D eigenvalue weighted by Gasteiger charge is 2.02. The molecule has 0 fully saturated rings. The first-order valence-corrected chi connectivity index (χ1v) is 6.80. The van der Waals surface area contributed by atoms with Crippen LogP contribution in [0.5, 0.6) is 0 Å². The third-order valence-electron chi connectivity index (χ3n) is 3.26. The first-order chi connectivity index (χ1) is 8.61. The zero-order valence-electron chi connectivity index (χ0n) is 11.9. The third kappa shape index (κ3) is 5.73. The molecule has 1 rings (SSSR count). The van der Waals surface area contributed by atoms with E-state index in [0.717, 1.165) is 17.9 Å². The van der Waals surface area contributed by atoms with E-state index in [2.05, 4.69) is 44.9 Å². The zero-order valence-corrected chi connectivity index (χ0v) is 11.9. The quantitative estimate of drug-likeness (QED) is 0.486. The second kappa shape index (κ2) is 7.77. The van der Waals surface area contributed by atoms with E-state index >= 15 is 0 Å². The minimum atomic E-state index is 0.785. The highest BCUT2D eigenvalue weighted by molar-refractivity contribution is 5.34. The molecule has 0 spiro atoms. The predicted octanol–water partition coefficient (Wildman–Crippen LogP) is 4.98. The summed E-state index contributed by atoms with van der Waals surface area (Å²) in [6.07, 6.45) is 12.6. The lowest BCUT2D eigenvalue weighted by Crippen LogP contribution is -1.97. The summed E-state index contributed by atoms with van der Waals surface area (Å²) in [5, 5.41) is 0. The summed E-state index contributed by atoms with van der Waals surface area (Å²) in [6.45, 7) is 6.67. The largest absolute Gasteiger partial charge is 0.115 e. The molecule has 0 aromatic heterocycles. The number of hydrogen-bond acceptors (Lipinski definition) is 0. The van der Waals surface area contributed by atoms with Gasteiger partial charge >= 0.3 is 0 Å². The fourth-order valence-corrected chi connectivity index (χ4v) is 1.98. The molecule has 18 heavy (non-hydrogen) atoms. The Morgan fingerprint density at radius 3 is 2.44 bits per heavy atom. The van der Waals surface area contributed by atoms with Crippen molar-refractivity contribution in [3.63, 3.8) is 0 Å². The topological polar surface area (TPSA) is 0 Å². The van der Waals surface area contributed by atoms with Crippen molar-refractivity contribution >= 4 is 0 Å². The summed E-state index contributed by atoms with van der Waals surface area (Å²) in [4.78, 5) is 0. The minimum Gasteiger partial charge on any atom is -0.115 e. The Bertz CT molecular complexity index is 410. The van der Waals surface area contributed by atoms with Crippen molar-refractivity contribution in [2.45, 2.75) is 46.5 Å². The number of allylic oxidation sites excluding steroid dienone is 2. The van der Waals surface area contributed by atoms with Crippen LogP contribution >= 0.6 is 0 Å². The maximum Gasteiger partial charge on any atom is 0.0242 e. The van der Waals surface area contributed by atoms with Gasteiger partial charge in [-0.1, -0.05) is 36.6 Å². The lowest BCUT2D eigenvalue weighted by atomic mass is 9.96. The van der Waals surface area contributed by atoms with Crippen molar-refractivity contribution in [3.8, 4) is 12.3 Å². The molecule has 0 aliphatic rings. The zero-order chi connectivity index (χ0) is 13.4. The first-order valence-electron chi connectivity index (χ1n) is 6.80. The van der Waals surface area contributed by atoms with E-state index in [4.69, 9.17) is 6.42 Å². The summed E-state index contributed by atoms with van der Waals surface area (Å²) < 4.78 is 0. The second-order valence-electron chi connectivity index (χ2n) is 5.34. The lowest BCUT2D eigenvalue weighted by Gasteiger charge is -2.10. The first kappa shape index (κ1) is 14.6. The summed E-state index contributed by atoms with van der Waals surface area (Å²) in [5.41, 5.74) is 3.78. The summed E-state index contributed by atoms with van der Waals surface area (Å²) >= 11 is 0. The fraction of sp³-hybridized carbons (Fsp3) is 0.444.